The van der Waals surface area contributed by atoms with Crippen LogP contribution in [0.5, 0.6) is 0 Å². The predicted molar refractivity (Wildman–Crippen MR) is 87.9 cm³/mol. The summed E-state index contributed by atoms with van der Waals surface area (Å²) >= 11 is 0. The van der Waals surface area contributed by atoms with Gasteiger partial charge in [0.15, 0.2) is 5.82 Å². The van der Waals surface area contributed by atoms with Crippen LogP contribution >= 0.6 is 0 Å². The van der Waals surface area contributed by atoms with Gasteiger partial charge < -0.3 is 18.7 Å². The van der Waals surface area contributed by atoms with Crippen molar-refractivity contribution in [1.29, 1.82) is 0 Å². The van der Waals surface area contributed by atoms with E-state index in [0.717, 1.165) is 23.4 Å². The Bertz CT molecular complexity index is 717. The van der Waals surface area contributed by atoms with Crippen LogP contribution in [-0.4, -0.2) is 45.4 Å². The summed E-state index contributed by atoms with van der Waals surface area (Å²) in [6, 6.07) is -0.377. The van der Waals surface area contributed by atoms with E-state index >= 15 is 0 Å². The Balaban J connectivity index is 1.85. The summed E-state index contributed by atoms with van der Waals surface area (Å²) in [7, 11) is 0. The maximum Gasteiger partial charge on any atom is 0.252 e. The standard InChI is InChI=1S/C17H24N4O4/c1-5-13-12(14(6-2)24-20-13)9-15(22)21-7-8-23-10(3)16(21)17-18-11(4)19-25-17/h10,16H,5-9H2,1-4H3/t10-,16+/m1/s1. The van der Waals surface area contributed by atoms with Crippen molar-refractivity contribution in [3.63, 3.8) is 0 Å². The molecule has 0 N–H and O–H groups in total. The van der Waals surface area contributed by atoms with Crippen LogP contribution in [0.3, 0.4) is 0 Å². The number of aryl methyl sites for hydroxylation is 3. The van der Waals surface area contributed by atoms with E-state index in [-0.39, 0.29) is 24.5 Å². The first-order valence-electron chi connectivity index (χ1n) is 8.72. The second kappa shape index (κ2) is 7.35. The molecule has 136 valence electrons. The molecule has 0 aromatic carbocycles. The molecule has 25 heavy (non-hydrogen) atoms. The van der Waals surface area contributed by atoms with Gasteiger partial charge in [-0.1, -0.05) is 24.2 Å². The number of ether oxygens (including phenoxy) is 1. The first kappa shape index (κ1) is 17.6. The van der Waals surface area contributed by atoms with Crippen LogP contribution < -0.4 is 0 Å². The molecular weight excluding hydrogens is 324 g/mol. The van der Waals surface area contributed by atoms with Gasteiger partial charge in [0.25, 0.3) is 5.89 Å². The van der Waals surface area contributed by atoms with E-state index in [2.05, 4.69) is 15.3 Å². The third-order valence-corrected chi connectivity index (χ3v) is 4.54. The lowest BCUT2D eigenvalue weighted by Crippen LogP contribution is -2.48. The Labute approximate surface area is 146 Å². The topological polar surface area (TPSA) is 94.5 Å². The second-order valence-electron chi connectivity index (χ2n) is 6.20. The van der Waals surface area contributed by atoms with E-state index in [1.165, 1.54) is 0 Å². The maximum atomic E-state index is 13.0. The summed E-state index contributed by atoms with van der Waals surface area (Å²) < 4.78 is 16.4. The number of nitrogens with zero attached hydrogens (tertiary/aromatic N) is 4. The Morgan fingerprint density at radius 2 is 2.04 bits per heavy atom. The lowest BCUT2D eigenvalue weighted by molar-refractivity contribution is -0.146. The Hall–Kier alpha value is -2.22. The van der Waals surface area contributed by atoms with Crippen LogP contribution in [0.1, 0.15) is 55.5 Å². The molecule has 8 heteroatoms. The molecule has 3 rings (SSSR count). The zero-order valence-electron chi connectivity index (χ0n) is 15.1. The molecule has 8 nitrogen and oxygen atoms in total. The van der Waals surface area contributed by atoms with E-state index in [4.69, 9.17) is 13.8 Å². The zero-order chi connectivity index (χ0) is 18.0. The number of carbonyl (C=O) groups is 1. The van der Waals surface area contributed by atoms with Crippen molar-refractivity contribution in [3.8, 4) is 0 Å². The van der Waals surface area contributed by atoms with Crippen molar-refractivity contribution in [1.82, 2.24) is 20.2 Å². The molecule has 1 amide bonds. The van der Waals surface area contributed by atoms with E-state index in [1.807, 2.05) is 20.8 Å². The first-order chi connectivity index (χ1) is 12.0. The summed E-state index contributed by atoms with van der Waals surface area (Å²) in [5.41, 5.74) is 1.74. The zero-order valence-corrected chi connectivity index (χ0v) is 15.1. The Morgan fingerprint density at radius 1 is 1.24 bits per heavy atom. The lowest BCUT2D eigenvalue weighted by Gasteiger charge is -2.37. The molecule has 1 aliphatic heterocycles. The third kappa shape index (κ3) is 3.44. The van der Waals surface area contributed by atoms with E-state index in [9.17, 15) is 4.79 Å². The maximum absolute atomic E-state index is 13.0. The van der Waals surface area contributed by atoms with Gasteiger partial charge in [-0.25, -0.2) is 0 Å². The Morgan fingerprint density at radius 3 is 2.68 bits per heavy atom. The summed E-state index contributed by atoms with van der Waals surface area (Å²) in [6.07, 6.45) is 1.49. The molecule has 0 spiro atoms. The lowest BCUT2D eigenvalue weighted by atomic mass is 10.0. The highest BCUT2D eigenvalue weighted by Crippen LogP contribution is 2.29. The molecule has 2 aromatic heterocycles. The van der Waals surface area contributed by atoms with Gasteiger partial charge in [0.05, 0.1) is 24.8 Å². The summed E-state index contributed by atoms with van der Waals surface area (Å²) in [6.45, 7) is 8.65. The van der Waals surface area contributed by atoms with Crippen LogP contribution in [0.25, 0.3) is 0 Å². The highest BCUT2D eigenvalue weighted by Gasteiger charge is 2.38. The summed E-state index contributed by atoms with van der Waals surface area (Å²) in [4.78, 5) is 19.1. The molecule has 2 atom stereocenters. The average Bonchev–Trinajstić information content (AvgIpc) is 3.20. The fraction of sp³-hybridized carbons (Fsp3) is 0.647. The minimum absolute atomic E-state index is 0.0106. The molecule has 1 saturated heterocycles. The van der Waals surface area contributed by atoms with Crippen LogP contribution in [-0.2, 0) is 28.8 Å². The monoisotopic (exact) mass is 348 g/mol. The summed E-state index contributed by atoms with van der Waals surface area (Å²) in [5, 5.41) is 7.93. The average molecular weight is 348 g/mol. The van der Waals surface area contributed by atoms with Crippen molar-refractivity contribution in [3.05, 3.63) is 28.7 Å². The fourth-order valence-electron chi connectivity index (χ4n) is 3.26. The normalized spacial score (nSPS) is 20.9. The molecule has 1 fully saturated rings. The molecule has 1 aliphatic rings. The van der Waals surface area contributed by atoms with Crippen molar-refractivity contribution in [2.24, 2.45) is 0 Å². The fourth-order valence-corrected chi connectivity index (χ4v) is 3.26. The van der Waals surface area contributed by atoms with Crippen LogP contribution in [0.2, 0.25) is 0 Å². The number of hydrogen-bond acceptors (Lipinski definition) is 7. The van der Waals surface area contributed by atoms with Crippen LogP contribution in [0.15, 0.2) is 9.05 Å². The highest BCUT2D eigenvalue weighted by atomic mass is 16.5. The highest BCUT2D eigenvalue weighted by molar-refractivity contribution is 5.79. The molecule has 2 aromatic rings. The van der Waals surface area contributed by atoms with Crippen molar-refractivity contribution >= 4 is 5.91 Å². The summed E-state index contributed by atoms with van der Waals surface area (Å²) in [5.74, 6) is 1.72. The van der Waals surface area contributed by atoms with Crippen LogP contribution in [0, 0.1) is 6.92 Å². The predicted octanol–water partition coefficient (Wildman–Crippen LogP) is 2.02. The third-order valence-electron chi connectivity index (χ3n) is 4.54. The minimum atomic E-state index is -0.377. The van der Waals surface area contributed by atoms with Gasteiger partial charge in [0.2, 0.25) is 5.91 Å². The molecule has 0 saturated carbocycles. The van der Waals surface area contributed by atoms with Gasteiger partial charge in [-0.05, 0) is 20.3 Å². The molecule has 0 radical (unpaired) electrons. The largest absolute Gasteiger partial charge is 0.374 e. The minimum Gasteiger partial charge on any atom is -0.374 e. The van der Waals surface area contributed by atoms with Crippen molar-refractivity contribution in [2.75, 3.05) is 13.2 Å². The molecule has 0 bridgehead atoms. The quantitative estimate of drug-likeness (QED) is 0.816. The van der Waals surface area contributed by atoms with Gasteiger partial charge >= 0.3 is 0 Å². The number of aromatic nitrogens is 3. The van der Waals surface area contributed by atoms with Gasteiger partial charge in [-0.3, -0.25) is 4.79 Å². The van der Waals surface area contributed by atoms with Crippen LogP contribution in [0.4, 0.5) is 0 Å². The van der Waals surface area contributed by atoms with E-state index in [0.29, 0.717) is 31.3 Å². The second-order valence-corrected chi connectivity index (χ2v) is 6.20. The van der Waals surface area contributed by atoms with Crippen molar-refractivity contribution in [2.45, 2.75) is 59.1 Å². The van der Waals surface area contributed by atoms with Gasteiger partial charge in [0.1, 0.15) is 11.8 Å². The number of morpholine rings is 1. The molecule has 0 aliphatic carbocycles. The van der Waals surface area contributed by atoms with Gasteiger partial charge in [-0.2, -0.15) is 4.98 Å². The van der Waals surface area contributed by atoms with Crippen molar-refractivity contribution < 1.29 is 18.6 Å². The van der Waals surface area contributed by atoms with E-state index in [1.54, 1.807) is 11.8 Å². The smallest absolute Gasteiger partial charge is 0.252 e. The molecule has 0 unspecified atom stereocenters. The van der Waals surface area contributed by atoms with E-state index < -0.39 is 0 Å². The molecular formula is C17H24N4O4. The first-order valence-corrected chi connectivity index (χ1v) is 8.72. The SMILES string of the molecule is CCc1noc(CC)c1CC(=O)N1CCO[C@H](C)[C@H]1c1nc(C)no1. The number of carbonyl (C=O) groups excluding carboxylic acids is 1. The Kier molecular flexibility index (Phi) is 5.17. The van der Waals surface area contributed by atoms with Gasteiger partial charge in [0, 0.05) is 18.5 Å². The molecule has 3 heterocycles. The number of rotatable bonds is 5. The number of hydrogen-bond donors (Lipinski definition) is 0. The number of amides is 1. The van der Waals surface area contributed by atoms with Gasteiger partial charge in [-0.15, -0.1) is 0 Å².